The van der Waals surface area contributed by atoms with E-state index in [-0.39, 0.29) is 6.04 Å². The number of aromatic nitrogens is 2. The van der Waals surface area contributed by atoms with E-state index in [1.807, 2.05) is 12.1 Å². The van der Waals surface area contributed by atoms with Crippen molar-refractivity contribution in [3.8, 4) is 0 Å². The molecular formula is C15H21N3O2. The molecule has 0 aliphatic heterocycles. The Balaban J connectivity index is 1.97. The van der Waals surface area contributed by atoms with Gasteiger partial charge >= 0.3 is 0 Å². The lowest BCUT2D eigenvalue weighted by Crippen LogP contribution is -2.18. The molecule has 1 unspecified atom stereocenters. The molecule has 2 aromatic rings. The maximum atomic E-state index is 5.96. The van der Waals surface area contributed by atoms with Crippen LogP contribution in [0.1, 0.15) is 42.2 Å². The second kappa shape index (κ2) is 7.17. The minimum atomic E-state index is -0.337. The molecule has 0 spiro atoms. The molecule has 0 amide bonds. The molecule has 5 nitrogen and oxygen atoms in total. The van der Waals surface area contributed by atoms with E-state index in [1.165, 1.54) is 11.1 Å². The fraction of sp³-hybridized carbons (Fsp3) is 0.467. The molecule has 1 aromatic carbocycles. The lowest BCUT2D eigenvalue weighted by molar-refractivity contribution is 0.119. The fourth-order valence-electron chi connectivity index (χ4n) is 1.89. The minimum Gasteiger partial charge on any atom is -0.379 e. The van der Waals surface area contributed by atoms with E-state index < -0.39 is 0 Å². The van der Waals surface area contributed by atoms with Crippen LogP contribution in [-0.2, 0) is 11.2 Å². The average molecular weight is 275 g/mol. The Hall–Kier alpha value is -1.72. The van der Waals surface area contributed by atoms with Gasteiger partial charge in [0, 0.05) is 6.61 Å². The van der Waals surface area contributed by atoms with Crippen LogP contribution in [-0.4, -0.2) is 23.4 Å². The van der Waals surface area contributed by atoms with Gasteiger partial charge in [-0.15, -0.1) is 0 Å². The monoisotopic (exact) mass is 275 g/mol. The van der Waals surface area contributed by atoms with E-state index in [9.17, 15) is 0 Å². The molecule has 1 aromatic heterocycles. The summed E-state index contributed by atoms with van der Waals surface area (Å²) in [6.45, 7) is 5.23. The highest BCUT2D eigenvalue weighted by Gasteiger charge is 2.15. The molecule has 2 N–H and O–H groups in total. The van der Waals surface area contributed by atoms with Crippen molar-refractivity contribution < 1.29 is 9.26 Å². The van der Waals surface area contributed by atoms with Crippen molar-refractivity contribution in [1.82, 2.24) is 10.1 Å². The van der Waals surface area contributed by atoms with Crippen LogP contribution in [0, 0.1) is 6.92 Å². The zero-order chi connectivity index (χ0) is 14.4. The van der Waals surface area contributed by atoms with Crippen LogP contribution in [0.2, 0.25) is 0 Å². The number of nitrogens with zero attached hydrogens (tertiary/aromatic N) is 2. The second-order valence-electron chi connectivity index (χ2n) is 4.83. The molecule has 20 heavy (non-hydrogen) atoms. The third-order valence-corrected chi connectivity index (χ3v) is 3.06. The Morgan fingerprint density at radius 1 is 1.35 bits per heavy atom. The SMILES string of the molecule is CCCOCC(N)c1noc(Cc2ccccc2C)n1. The third kappa shape index (κ3) is 3.88. The van der Waals surface area contributed by atoms with Crippen molar-refractivity contribution in [3.63, 3.8) is 0 Å². The summed E-state index contributed by atoms with van der Waals surface area (Å²) in [5.74, 6) is 1.09. The largest absolute Gasteiger partial charge is 0.379 e. The number of nitrogens with two attached hydrogens (primary N) is 1. The second-order valence-corrected chi connectivity index (χ2v) is 4.83. The third-order valence-electron chi connectivity index (χ3n) is 3.06. The molecule has 108 valence electrons. The van der Waals surface area contributed by atoms with Gasteiger partial charge in [0.15, 0.2) is 5.82 Å². The summed E-state index contributed by atoms with van der Waals surface area (Å²) in [4.78, 5) is 4.34. The van der Waals surface area contributed by atoms with Crippen molar-refractivity contribution in [3.05, 3.63) is 47.1 Å². The standard InChI is InChI=1S/C15H21N3O2/c1-3-8-19-10-13(16)15-17-14(20-18-15)9-12-7-5-4-6-11(12)2/h4-7,13H,3,8-10,16H2,1-2H3. The minimum absolute atomic E-state index is 0.337. The molecule has 0 radical (unpaired) electrons. The first-order valence-electron chi connectivity index (χ1n) is 6.91. The summed E-state index contributed by atoms with van der Waals surface area (Å²) in [7, 11) is 0. The number of hydrogen-bond donors (Lipinski definition) is 1. The molecule has 0 aliphatic carbocycles. The highest BCUT2D eigenvalue weighted by molar-refractivity contribution is 5.27. The van der Waals surface area contributed by atoms with Crippen molar-refractivity contribution in [2.75, 3.05) is 13.2 Å². The van der Waals surface area contributed by atoms with Crippen LogP contribution < -0.4 is 5.73 Å². The van der Waals surface area contributed by atoms with Crippen molar-refractivity contribution in [2.45, 2.75) is 32.7 Å². The summed E-state index contributed by atoms with van der Waals surface area (Å²) < 4.78 is 10.7. The molecular weight excluding hydrogens is 254 g/mol. The van der Waals surface area contributed by atoms with E-state index in [4.69, 9.17) is 15.0 Å². The Kier molecular flexibility index (Phi) is 5.26. The predicted octanol–water partition coefficient (Wildman–Crippen LogP) is 2.40. The predicted molar refractivity (Wildman–Crippen MR) is 76.3 cm³/mol. The molecule has 0 bridgehead atoms. The van der Waals surface area contributed by atoms with Gasteiger partial charge in [0.1, 0.15) is 0 Å². The van der Waals surface area contributed by atoms with E-state index in [2.05, 4.69) is 36.1 Å². The van der Waals surface area contributed by atoms with Gasteiger partial charge in [-0.3, -0.25) is 0 Å². The van der Waals surface area contributed by atoms with Gasteiger partial charge in [0.25, 0.3) is 0 Å². The number of rotatable bonds is 7. The van der Waals surface area contributed by atoms with Crippen molar-refractivity contribution in [1.29, 1.82) is 0 Å². The molecule has 2 rings (SSSR count). The Morgan fingerprint density at radius 2 is 2.15 bits per heavy atom. The lowest BCUT2D eigenvalue weighted by atomic mass is 10.1. The van der Waals surface area contributed by atoms with E-state index >= 15 is 0 Å². The molecule has 1 heterocycles. The van der Waals surface area contributed by atoms with Crippen LogP contribution in [0.5, 0.6) is 0 Å². The normalized spacial score (nSPS) is 12.6. The summed E-state index contributed by atoms with van der Waals surface area (Å²) in [6, 6.07) is 7.81. The van der Waals surface area contributed by atoms with Crippen LogP contribution in [0.4, 0.5) is 0 Å². The first kappa shape index (κ1) is 14.7. The highest BCUT2D eigenvalue weighted by atomic mass is 16.5. The van der Waals surface area contributed by atoms with Crippen LogP contribution in [0.15, 0.2) is 28.8 Å². The van der Waals surface area contributed by atoms with E-state index in [0.29, 0.717) is 31.3 Å². The number of aryl methyl sites for hydroxylation is 1. The Bertz CT molecular complexity index is 539. The molecule has 0 fully saturated rings. The zero-order valence-corrected chi connectivity index (χ0v) is 12.0. The van der Waals surface area contributed by atoms with Gasteiger partial charge in [0.05, 0.1) is 19.1 Å². The maximum absolute atomic E-state index is 5.96. The van der Waals surface area contributed by atoms with Gasteiger partial charge in [-0.2, -0.15) is 4.98 Å². The van der Waals surface area contributed by atoms with Crippen LogP contribution in [0.25, 0.3) is 0 Å². The smallest absolute Gasteiger partial charge is 0.231 e. The quantitative estimate of drug-likeness (QED) is 0.785. The summed E-state index contributed by atoms with van der Waals surface area (Å²) in [5, 5.41) is 3.93. The van der Waals surface area contributed by atoms with Crippen molar-refractivity contribution in [2.24, 2.45) is 5.73 Å². The highest BCUT2D eigenvalue weighted by Crippen LogP contribution is 2.14. The van der Waals surface area contributed by atoms with Gasteiger partial charge < -0.3 is 15.0 Å². The number of benzene rings is 1. The van der Waals surface area contributed by atoms with Crippen LogP contribution >= 0.6 is 0 Å². The summed E-state index contributed by atoms with van der Waals surface area (Å²) >= 11 is 0. The topological polar surface area (TPSA) is 74.2 Å². The Labute approximate surface area is 119 Å². The number of ether oxygens (including phenoxy) is 1. The van der Waals surface area contributed by atoms with E-state index in [0.717, 1.165) is 6.42 Å². The molecule has 5 heteroatoms. The fourth-order valence-corrected chi connectivity index (χ4v) is 1.89. The lowest BCUT2D eigenvalue weighted by Gasteiger charge is -2.06. The molecule has 1 atom stereocenters. The summed E-state index contributed by atoms with van der Waals surface area (Å²) in [5.41, 5.74) is 8.35. The maximum Gasteiger partial charge on any atom is 0.231 e. The van der Waals surface area contributed by atoms with Gasteiger partial charge in [-0.1, -0.05) is 36.3 Å². The summed E-state index contributed by atoms with van der Waals surface area (Å²) in [6.07, 6.45) is 1.60. The van der Waals surface area contributed by atoms with Crippen LogP contribution in [0.3, 0.4) is 0 Å². The molecule has 0 saturated carbocycles. The van der Waals surface area contributed by atoms with Gasteiger partial charge in [0.2, 0.25) is 5.89 Å². The van der Waals surface area contributed by atoms with Gasteiger partial charge in [-0.05, 0) is 24.5 Å². The average Bonchev–Trinajstić information content (AvgIpc) is 2.90. The first-order valence-corrected chi connectivity index (χ1v) is 6.91. The first-order chi connectivity index (χ1) is 9.70. The zero-order valence-electron chi connectivity index (χ0n) is 12.0. The number of hydrogen-bond acceptors (Lipinski definition) is 5. The molecule has 0 aliphatic rings. The molecule has 0 saturated heterocycles. The Morgan fingerprint density at radius 3 is 2.90 bits per heavy atom. The van der Waals surface area contributed by atoms with E-state index in [1.54, 1.807) is 0 Å². The van der Waals surface area contributed by atoms with Crippen molar-refractivity contribution >= 4 is 0 Å². The van der Waals surface area contributed by atoms with Gasteiger partial charge in [-0.25, -0.2) is 0 Å².